The van der Waals surface area contributed by atoms with Crippen LogP contribution in [-0.4, -0.2) is 16.4 Å². The van der Waals surface area contributed by atoms with Crippen LogP contribution in [0.5, 0.6) is 0 Å². The molecule has 0 aliphatic rings. The number of nitrogens with one attached hydrogen (secondary N) is 1. The first-order valence-electron chi connectivity index (χ1n) is 4.36. The molecule has 1 N–H and O–H groups in total. The minimum atomic E-state index is 0.682. The molecule has 1 aromatic carbocycles. The van der Waals surface area contributed by atoms with Gasteiger partial charge >= 0.3 is 0 Å². The third-order valence-electron chi connectivity index (χ3n) is 1.87. The summed E-state index contributed by atoms with van der Waals surface area (Å²) in [5.41, 5.74) is 2.83. The Hall–Kier alpha value is -1.97. The SMILES string of the molecule is C/C=N\Nc1nncc2ccccc12. The van der Waals surface area contributed by atoms with E-state index in [1.165, 1.54) is 0 Å². The van der Waals surface area contributed by atoms with E-state index in [-0.39, 0.29) is 0 Å². The van der Waals surface area contributed by atoms with Crippen molar-refractivity contribution in [1.29, 1.82) is 0 Å². The zero-order chi connectivity index (χ0) is 9.80. The van der Waals surface area contributed by atoms with Crippen molar-refractivity contribution in [1.82, 2.24) is 10.2 Å². The minimum absolute atomic E-state index is 0.682. The standard InChI is InChI=1S/C10H10N4/c1-2-11-13-10-9-6-4-3-5-8(9)7-12-14-10/h2-7H,1H3,(H,13,14)/b11-2-. The molecule has 4 heteroatoms. The average molecular weight is 186 g/mol. The first-order valence-corrected chi connectivity index (χ1v) is 4.36. The van der Waals surface area contributed by atoms with Crippen LogP contribution in [0, 0.1) is 0 Å². The van der Waals surface area contributed by atoms with Gasteiger partial charge in [0.2, 0.25) is 0 Å². The molecule has 0 atom stereocenters. The summed E-state index contributed by atoms with van der Waals surface area (Å²) < 4.78 is 0. The van der Waals surface area contributed by atoms with Crippen molar-refractivity contribution in [3.63, 3.8) is 0 Å². The van der Waals surface area contributed by atoms with Gasteiger partial charge < -0.3 is 0 Å². The predicted octanol–water partition coefficient (Wildman–Crippen LogP) is 2.05. The average Bonchev–Trinajstić information content (AvgIpc) is 2.26. The largest absolute Gasteiger partial charge is 0.260 e. The van der Waals surface area contributed by atoms with E-state index >= 15 is 0 Å². The van der Waals surface area contributed by atoms with Gasteiger partial charge in [-0.3, -0.25) is 5.43 Å². The van der Waals surface area contributed by atoms with E-state index < -0.39 is 0 Å². The molecule has 0 radical (unpaired) electrons. The summed E-state index contributed by atoms with van der Waals surface area (Å²) in [6.45, 7) is 1.84. The third kappa shape index (κ3) is 1.54. The quantitative estimate of drug-likeness (QED) is 0.576. The minimum Gasteiger partial charge on any atom is -0.260 e. The van der Waals surface area contributed by atoms with Gasteiger partial charge in [-0.1, -0.05) is 24.3 Å². The van der Waals surface area contributed by atoms with Gasteiger partial charge in [0.15, 0.2) is 5.82 Å². The van der Waals surface area contributed by atoms with Crippen molar-refractivity contribution in [2.45, 2.75) is 6.92 Å². The number of aromatic nitrogens is 2. The van der Waals surface area contributed by atoms with Gasteiger partial charge in [-0.05, 0) is 6.92 Å². The van der Waals surface area contributed by atoms with Crippen LogP contribution in [-0.2, 0) is 0 Å². The fraction of sp³-hybridized carbons (Fsp3) is 0.100. The van der Waals surface area contributed by atoms with Crippen LogP contribution in [0.4, 0.5) is 5.82 Å². The van der Waals surface area contributed by atoms with Gasteiger partial charge in [0, 0.05) is 17.0 Å². The normalized spacial score (nSPS) is 10.9. The molecule has 14 heavy (non-hydrogen) atoms. The van der Waals surface area contributed by atoms with Crippen molar-refractivity contribution < 1.29 is 0 Å². The smallest absolute Gasteiger partial charge is 0.176 e. The molecule has 2 rings (SSSR count). The molecule has 0 saturated carbocycles. The zero-order valence-electron chi connectivity index (χ0n) is 7.81. The maximum atomic E-state index is 3.97. The molecule has 70 valence electrons. The number of rotatable bonds is 2. The lowest BCUT2D eigenvalue weighted by Crippen LogP contribution is -1.94. The van der Waals surface area contributed by atoms with Crippen molar-refractivity contribution in [2.75, 3.05) is 5.43 Å². The Morgan fingerprint density at radius 2 is 2.21 bits per heavy atom. The molecule has 0 fully saturated rings. The van der Waals surface area contributed by atoms with E-state index in [1.807, 2.05) is 31.2 Å². The van der Waals surface area contributed by atoms with Crippen molar-refractivity contribution in [3.8, 4) is 0 Å². The Labute approximate surface area is 81.7 Å². The number of benzene rings is 1. The second-order valence-electron chi connectivity index (χ2n) is 2.78. The highest BCUT2D eigenvalue weighted by Crippen LogP contribution is 2.18. The molecular weight excluding hydrogens is 176 g/mol. The first-order chi connectivity index (χ1) is 6.92. The highest BCUT2D eigenvalue weighted by molar-refractivity contribution is 5.90. The van der Waals surface area contributed by atoms with Gasteiger partial charge in [0.25, 0.3) is 0 Å². The van der Waals surface area contributed by atoms with Crippen LogP contribution in [0.25, 0.3) is 10.8 Å². The summed E-state index contributed by atoms with van der Waals surface area (Å²) >= 11 is 0. The zero-order valence-corrected chi connectivity index (χ0v) is 7.81. The molecule has 0 aliphatic carbocycles. The van der Waals surface area contributed by atoms with Crippen LogP contribution < -0.4 is 5.43 Å². The summed E-state index contributed by atoms with van der Waals surface area (Å²) in [6.07, 6.45) is 3.40. The second-order valence-corrected chi connectivity index (χ2v) is 2.78. The fourth-order valence-corrected chi connectivity index (χ4v) is 1.24. The summed E-state index contributed by atoms with van der Waals surface area (Å²) in [5.74, 6) is 0.682. The van der Waals surface area contributed by atoms with Crippen molar-refractivity contribution in [3.05, 3.63) is 30.5 Å². The number of hydrogen-bond donors (Lipinski definition) is 1. The monoisotopic (exact) mass is 186 g/mol. The van der Waals surface area contributed by atoms with Crippen LogP contribution in [0.3, 0.4) is 0 Å². The summed E-state index contributed by atoms with van der Waals surface area (Å²) in [4.78, 5) is 0. The maximum absolute atomic E-state index is 3.97. The Morgan fingerprint density at radius 3 is 3.07 bits per heavy atom. The summed E-state index contributed by atoms with van der Waals surface area (Å²) in [5, 5.41) is 13.8. The highest BCUT2D eigenvalue weighted by Gasteiger charge is 1.99. The molecule has 0 unspecified atom stereocenters. The molecular formula is C10H10N4. The summed E-state index contributed by atoms with van der Waals surface area (Å²) in [6, 6.07) is 7.91. The number of hydrogen-bond acceptors (Lipinski definition) is 4. The Morgan fingerprint density at radius 1 is 1.36 bits per heavy atom. The molecule has 1 heterocycles. The predicted molar refractivity (Wildman–Crippen MR) is 57.3 cm³/mol. The van der Waals surface area contributed by atoms with E-state index in [2.05, 4.69) is 20.7 Å². The lowest BCUT2D eigenvalue weighted by Gasteiger charge is -2.01. The number of hydrazone groups is 1. The molecule has 2 aromatic rings. The van der Waals surface area contributed by atoms with E-state index in [1.54, 1.807) is 12.4 Å². The van der Waals surface area contributed by atoms with Crippen LogP contribution in [0.1, 0.15) is 6.92 Å². The van der Waals surface area contributed by atoms with Gasteiger partial charge in [0.05, 0.1) is 6.20 Å². The van der Waals surface area contributed by atoms with Gasteiger partial charge in [-0.15, -0.1) is 5.10 Å². The molecule has 4 nitrogen and oxygen atoms in total. The molecule has 0 amide bonds. The molecule has 0 saturated heterocycles. The van der Waals surface area contributed by atoms with Gasteiger partial charge in [-0.2, -0.15) is 10.2 Å². The number of nitrogens with zero attached hydrogens (tertiary/aromatic N) is 3. The number of fused-ring (bicyclic) bond motifs is 1. The molecule has 0 spiro atoms. The highest BCUT2D eigenvalue weighted by atomic mass is 15.3. The molecule has 0 bridgehead atoms. The molecule has 1 aromatic heterocycles. The van der Waals surface area contributed by atoms with Gasteiger partial charge in [0.1, 0.15) is 0 Å². The Balaban J connectivity index is 2.53. The maximum Gasteiger partial charge on any atom is 0.176 e. The first kappa shape index (κ1) is 8.62. The molecule has 0 aliphatic heterocycles. The van der Waals surface area contributed by atoms with Gasteiger partial charge in [-0.25, -0.2) is 0 Å². The topological polar surface area (TPSA) is 50.2 Å². The third-order valence-corrected chi connectivity index (χ3v) is 1.87. The van der Waals surface area contributed by atoms with E-state index in [0.717, 1.165) is 10.8 Å². The van der Waals surface area contributed by atoms with Crippen LogP contribution >= 0.6 is 0 Å². The number of anilines is 1. The van der Waals surface area contributed by atoms with Crippen molar-refractivity contribution >= 4 is 22.8 Å². The lowest BCUT2D eigenvalue weighted by atomic mass is 10.2. The summed E-state index contributed by atoms with van der Waals surface area (Å²) in [7, 11) is 0. The van der Waals surface area contributed by atoms with E-state index in [4.69, 9.17) is 0 Å². The van der Waals surface area contributed by atoms with Crippen LogP contribution in [0.2, 0.25) is 0 Å². The van der Waals surface area contributed by atoms with Crippen LogP contribution in [0.15, 0.2) is 35.6 Å². The lowest BCUT2D eigenvalue weighted by molar-refractivity contribution is 1.04. The van der Waals surface area contributed by atoms with E-state index in [0.29, 0.717) is 5.82 Å². The second kappa shape index (κ2) is 3.83. The fourth-order valence-electron chi connectivity index (χ4n) is 1.24. The van der Waals surface area contributed by atoms with Crippen molar-refractivity contribution in [2.24, 2.45) is 5.10 Å². The van der Waals surface area contributed by atoms with E-state index in [9.17, 15) is 0 Å². The Kier molecular flexibility index (Phi) is 2.36. The Bertz CT molecular complexity index is 459.